The summed E-state index contributed by atoms with van der Waals surface area (Å²) >= 11 is 0. The predicted molar refractivity (Wildman–Crippen MR) is 171 cm³/mol. The van der Waals surface area contributed by atoms with Crippen LogP contribution in [0.25, 0.3) is 16.9 Å². The molecule has 7 rings (SSSR count). The largest absolute Gasteiger partial charge is 2.00 e. The van der Waals surface area contributed by atoms with Crippen LogP contribution in [-0.4, -0.2) is 24.1 Å². The zero-order valence-electron chi connectivity index (χ0n) is 23.8. The molecule has 44 heavy (non-hydrogen) atoms. The fraction of sp³-hybridized carbons (Fsp3) is 0.0278. The Morgan fingerprint density at radius 3 is 1.89 bits per heavy atom. The van der Waals surface area contributed by atoms with Gasteiger partial charge in [-0.25, -0.2) is 4.98 Å². The number of aryl methyl sites for hydroxylation is 1. The molecule has 0 saturated heterocycles. The van der Waals surface area contributed by atoms with Gasteiger partial charge in [0.25, 0.3) is 0 Å². The second-order valence-electron chi connectivity index (χ2n) is 9.92. The average molecular weight is 753 g/mol. The molecule has 3 aromatic heterocycles. The van der Waals surface area contributed by atoms with E-state index in [1.165, 1.54) is 0 Å². The smallest absolute Gasteiger partial charge is 0.352 e. The first-order valence-electron chi connectivity index (χ1n) is 13.9. The maximum absolute atomic E-state index is 4.69. The minimum Gasteiger partial charge on any atom is -0.352 e. The molecule has 0 fully saturated rings. The fourth-order valence-electron chi connectivity index (χ4n) is 5.06. The van der Waals surface area contributed by atoms with Crippen LogP contribution in [0, 0.1) is 12.1 Å². The van der Waals surface area contributed by atoms with Crippen molar-refractivity contribution in [2.45, 2.75) is 0 Å². The van der Waals surface area contributed by atoms with Gasteiger partial charge in [0.1, 0.15) is 0 Å². The monoisotopic (exact) mass is 752 g/mol. The minimum atomic E-state index is 0. The summed E-state index contributed by atoms with van der Waals surface area (Å²) < 4.78 is 3.99. The van der Waals surface area contributed by atoms with Gasteiger partial charge in [0, 0.05) is 54.6 Å². The van der Waals surface area contributed by atoms with Crippen LogP contribution in [-0.2, 0) is 28.1 Å². The summed E-state index contributed by atoms with van der Waals surface area (Å²) in [5.74, 6) is 0.796. The Morgan fingerprint density at radius 2 is 1.23 bits per heavy atom. The fourth-order valence-corrected chi connectivity index (χ4v) is 5.06. The SMILES string of the molecule is Cn1ccnc1N(c1[c-]c(N(c2[c-]c(-c3cn(-c4ccncc4)cn3)ccc2)c2ccccc2)ccc1)c1ccccc1.[Pt+2]. The summed E-state index contributed by atoms with van der Waals surface area (Å²) in [5.41, 5.74) is 7.32. The third kappa shape index (κ3) is 5.83. The van der Waals surface area contributed by atoms with E-state index in [2.05, 4.69) is 85.4 Å². The Labute approximate surface area is 271 Å². The van der Waals surface area contributed by atoms with E-state index in [1.54, 1.807) is 12.4 Å². The molecule has 216 valence electrons. The van der Waals surface area contributed by atoms with Crippen molar-refractivity contribution < 1.29 is 21.1 Å². The molecule has 0 aliphatic carbocycles. The summed E-state index contributed by atoms with van der Waals surface area (Å²) in [4.78, 5) is 17.7. The van der Waals surface area contributed by atoms with Crippen molar-refractivity contribution in [3.63, 3.8) is 0 Å². The Morgan fingerprint density at radius 1 is 0.614 bits per heavy atom. The van der Waals surface area contributed by atoms with Gasteiger partial charge in [-0.3, -0.25) is 9.97 Å². The van der Waals surface area contributed by atoms with Gasteiger partial charge in [0.2, 0.25) is 5.95 Å². The molecular weight excluding hydrogens is 726 g/mol. The summed E-state index contributed by atoms with van der Waals surface area (Å²) in [6, 6.07) is 44.0. The number of anilines is 6. The van der Waals surface area contributed by atoms with Crippen molar-refractivity contribution in [3.8, 4) is 16.9 Å². The number of pyridine rings is 1. The van der Waals surface area contributed by atoms with Crippen LogP contribution in [0.5, 0.6) is 0 Å². The Balaban J connectivity index is 0.00000343. The zero-order valence-corrected chi connectivity index (χ0v) is 26.1. The van der Waals surface area contributed by atoms with E-state index >= 15 is 0 Å². The first-order valence-corrected chi connectivity index (χ1v) is 13.9. The standard InChI is InChI=1S/C36H27N7.Pt/c1-40-23-22-38-36(40)43(31-13-6-3-7-14-31)34-17-9-16-33(25-34)42(30-11-4-2-5-12-30)32-15-8-10-28(24-32)35-26-41(27-39-35)29-18-20-37-21-19-29;/h2-23,26-27H,1H3;/q-2;+2. The molecule has 0 amide bonds. The van der Waals surface area contributed by atoms with E-state index in [9.17, 15) is 0 Å². The molecule has 0 spiro atoms. The van der Waals surface area contributed by atoms with Crippen molar-refractivity contribution in [1.82, 2.24) is 24.1 Å². The van der Waals surface area contributed by atoms with E-state index in [0.29, 0.717) is 0 Å². The van der Waals surface area contributed by atoms with Crippen LogP contribution < -0.4 is 9.80 Å². The number of nitrogens with zero attached hydrogens (tertiary/aromatic N) is 7. The van der Waals surface area contributed by atoms with E-state index < -0.39 is 0 Å². The summed E-state index contributed by atoms with van der Waals surface area (Å²) in [6.07, 6.45) is 11.1. The van der Waals surface area contributed by atoms with E-state index in [4.69, 9.17) is 0 Å². The molecule has 0 atom stereocenters. The van der Waals surface area contributed by atoms with E-state index in [0.717, 1.165) is 51.3 Å². The van der Waals surface area contributed by atoms with Crippen molar-refractivity contribution >= 4 is 34.4 Å². The predicted octanol–water partition coefficient (Wildman–Crippen LogP) is 8.21. The van der Waals surface area contributed by atoms with Crippen LogP contribution in [0.3, 0.4) is 0 Å². The van der Waals surface area contributed by atoms with Crippen molar-refractivity contribution in [1.29, 1.82) is 0 Å². The van der Waals surface area contributed by atoms with Crippen LogP contribution in [0.4, 0.5) is 34.4 Å². The number of hydrogen-bond acceptors (Lipinski definition) is 5. The van der Waals surface area contributed by atoms with Gasteiger partial charge in [-0.15, -0.1) is 48.0 Å². The van der Waals surface area contributed by atoms with Crippen molar-refractivity contribution in [3.05, 3.63) is 159 Å². The molecule has 0 saturated carbocycles. The second kappa shape index (κ2) is 12.9. The number of para-hydroxylation sites is 2. The third-order valence-electron chi connectivity index (χ3n) is 7.11. The number of hydrogen-bond donors (Lipinski definition) is 0. The van der Waals surface area contributed by atoms with Crippen LogP contribution in [0.15, 0.2) is 147 Å². The van der Waals surface area contributed by atoms with Gasteiger partial charge in [-0.05, 0) is 48.3 Å². The zero-order chi connectivity index (χ0) is 29.0. The van der Waals surface area contributed by atoms with E-state index in [1.807, 2.05) is 102 Å². The number of imidazole rings is 2. The van der Waals surface area contributed by atoms with Crippen molar-refractivity contribution in [2.24, 2.45) is 7.05 Å². The Bertz CT molecular complexity index is 1950. The van der Waals surface area contributed by atoms with Crippen LogP contribution in [0.1, 0.15) is 0 Å². The van der Waals surface area contributed by atoms with Gasteiger partial charge in [0.05, 0.1) is 6.33 Å². The molecule has 0 N–H and O–H groups in total. The van der Waals surface area contributed by atoms with Crippen LogP contribution in [0.2, 0.25) is 0 Å². The minimum absolute atomic E-state index is 0. The molecule has 0 aliphatic rings. The molecule has 7 nitrogen and oxygen atoms in total. The molecule has 4 aromatic carbocycles. The van der Waals surface area contributed by atoms with Gasteiger partial charge >= 0.3 is 21.1 Å². The summed E-state index contributed by atoms with van der Waals surface area (Å²) in [7, 11) is 1.99. The van der Waals surface area contributed by atoms with Gasteiger partial charge in [-0.2, -0.15) is 6.07 Å². The van der Waals surface area contributed by atoms with Crippen LogP contribution >= 0.6 is 0 Å². The number of aromatic nitrogens is 5. The molecule has 7 aromatic rings. The maximum atomic E-state index is 4.69. The first-order chi connectivity index (χ1) is 21.2. The molecule has 3 heterocycles. The maximum Gasteiger partial charge on any atom is 2.00 e. The van der Waals surface area contributed by atoms with Crippen molar-refractivity contribution in [2.75, 3.05) is 9.80 Å². The molecule has 0 unspecified atom stereocenters. The Hall–Kier alpha value is -5.26. The average Bonchev–Trinajstić information content (AvgIpc) is 3.73. The molecule has 0 bridgehead atoms. The number of benzene rings is 4. The van der Waals surface area contributed by atoms with Gasteiger partial charge in [0.15, 0.2) is 0 Å². The topological polar surface area (TPSA) is 55.0 Å². The summed E-state index contributed by atoms with van der Waals surface area (Å²) in [6.45, 7) is 0. The molecule has 0 aliphatic heterocycles. The summed E-state index contributed by atoms with van der Waals surface area (Å²) in [5, 5.41) is 0. The van der Waals surface area contributed by atoms with E-state index in [-0.39, 0.29) is 21.1 Å². The first kappa shape index (κ1) is 28.8. The molecular formula is C36H27N7Pt. The molecule has 8 heteroatoms. The quantitative estimate of drug-likeness (QED) is 0.147. The third-order valence-corrected chi connectivity index (χ3v) is 7.11. The van der Waals surface area contributed by atoms with Gasteiger partial charge in [-0.1, -0.05) is 47.8 Å². The second-order valence-corrected chi connectivity index (χ2v) is 9.92. The Kier molecular flexibility index (Phi) is 8.48. The normalized spacial score (nSPS) is 10.7. The van der Waals surface area contributed by atoms with Gasteiger partial charge < -0.3 is 18.9 Å². The molecule has 0 radical (unpaired) electrons. The number of rotatable bonds is 8.